The van der Waals surface area contributed by atoms with Crippen LogP contribution in [0.4, 0.5) is 10.5 Å². The number of rotatable bonds is 10. The van der Waals surface area contributed by atoms with Gasteiger partial charge in [0.2, 0.25) is 0 Å². The van der Waals surface area contributed by atoms with E-state index in [1.54, 1.807) is 30.3 Å². The number of nitro groups is 1. The third-order valence-corrected chi connectivity index (χ3v) is 7.00. The summed E-state index contributed by atoms with van der Waals surface area (Å²) in [5.41, 5.74) is 2.49. The summed E-state index contributed by atoms with van der Waals surface area (Å²) in [7, 11) is 0. The molecule has 0 spiro atoms. The number of hydrogen-bond donors (Lipinski definition) is 0. The quantitative estimate of drug-likeness (QED) is 0.150. The van der Waals surface area contributed by atoms with Gasteiger partial charge in [-0.15, -0.1) is 0 Å². The van der Waals surface area contributed by atoms with Gasteiger partial charge < -0.3 is 9.47 Å². The second-order valence-electron chi connectivity index (χ2n) is 8.04. The summed E-state index contributed by atoms with van der Waals surface area (Å²) in [5.74, 6) is 0.611. The first-order chi connectivity index (χ1) is 17.9. The van der Waals surface area contributed by atoms with Crippen molar-refractivity contribution in [1.29, 1.82) is 0 Å². The number of ether oxygens (including phenoxy) is 2. The van der Waals surface area contributed by atoms with Gasteiger partial charge in [0, 0.05) is 18.7 Å². The minimum atomic E-state index is -0.453. The summed E-state index contributed by atoms with van der Waals surface area (Å²) in [6.07, 6.45) is 2.26. The highest BCUT2D eigenvalue weighted by molar-refractivity contribution is 9.10. The second kappa shape index (κ2) is 12.1. The minimum Gasteiger partial charge on any atom is -0.490 e. The van der Waals surface area contributed by atoms with Crippen LogP contribution in [0.15, 0.2) is 76.1 Å². The Kier molecular flexibility index (Phi) is 8.62. The lowest BCUT2D eigenvalue weighted by atomic mass is 10.1. The highest BCUT2D eigenvalue weighted by Gasteiger charge is 2.34. The summed E-state index contributed by atoms with van der Waals surface area (Å²) in [6, 6.07) is 19.4. The van der Waals surface area contributed by atoms with Gasteiger partial charge in [-0.2, -0.15) is 0 Å². The highest BCUT2D eigenvalue weighted by Crippen LogP contribution is 2.39. The number of nitro benzene ring substituents is 1. The lowest BCUT2D eigenvalue weighted by Crippen LogP contribution is -2.30. The number of amides is 2. The molecule has 0 N–H and O–H groups in total. The molecule has 0 aliphatic carbocycles. The molecular weight excluding hydrogens is 560 g/mol. The van der Waals surface area contributed by atoms with Crippen LogP contribution in [0.3, 0.4) is 0 Å². The fraction of sp³-hybridized carbons (Fsp3) is 0.185. The van der Waals surface area contributed by atoms with Gasteiger partial charge in [0.05, 0.1) is 20.9 Å². The lowest BCUT2D eigenvalue weighted by molar-refractivity contribution is -0.384. The van der Waals surface area contributed by atoms with E-state index in [0.29, 0.717) is 46.0 Å². The molecule has 8 nitrogen and oxygen atoms in total. The Morgan fingerprint density at radius 1 is 1.03 bits per heavy atom. The molecule has 1 heterocycles. The Bertz CT molecular complexity index is 1350. The zero-order chi connectivity index (χ0) is 26.4. The van der Waals surface area contributed by atoms with E-state index in [9.17, 15) is 19.7 Å². The summed E-state index contributed by atoms with van der Waals surface area (Å²) >= 11 is 4.43. The average molecular weight is 583 g/mol. The number of imide groups is 1. The molecule has 190 valence electrons. The molecule has 0 saturated carbocycles. The predicted octanol–water partition coefficient (Wildman–Crippen LogP) is 6.61. The normalized spacial score (nSPS) is 14.3. The van der Waals surface area contributed by atoms with Crippen molar-refractivity contribution < 1.29 is 24.0 Å². The van der Waals surface area contributed by atoms with E-state index in [2.05, 4.69) is 15.9 Å². The summed E-state index contributed by atoms with van der Waals surface area (Å²) < 4.78 is 12.3. The maximum atomic E-state index is 12.9. The van der Waals surface area contributed by atoms with Crippen LogP contribution in [-0.4, -0.2) is 34.1 Å². The molecule has 0 aromatic heterocycles. The van der Waals surface area contributed by atoms with E-state index in [4.69, 9.17) is 9.47 Å². The zero-order valence-corrected chi connectivity index (χ0v) is 22.3. The average Bonchev–Trinajstić information content (AvgIpc) is 3.15. The second-order valence-corrected chi connectivity index (χ2v) is 9.89. The van der Waals surface area contributed by atoms with Crippen LogP contribution in [-0.2, 0) is 17.8 Å². The number of nitrogens with zero attached hydrogens (tertiary/aromatic N) is 2. The maximum absolute atomic E-state index is 12.9. The van der Waals surface area contributed by atoms with E-state index in [0.717, 1.165) is 22.9 Å². The number of carbonyl (C=O) groups is 2. The van der Waals surface area contributed by atoms with E-state index >= 15 is 0 Å². The molecule has 0 atom stereocenters. The number of thioether (sulfide) groups is 1. The molecule has 0 radical (unpaired) electrons. The Balaban J connectivity index is 1.49. The van der Waals surface area contributed by atoms with Gasteiger partial charge in [-0.05, 0) is 88.1 Å². The first kappa shape index (κ1) is 26.4. The number of carbonyl (C=O) groups excluding carboxylic acids is 2. The van der Waals surface area contributed by atoms with Crippen molar-refractivity contribution in [2.75, 3.05) is 13.2 Å². The predicted molar refractivity (Wildman–Crippen MR) is 146 cm³/mol. The van der Waals surface area contributed by atoms with Crippen molar-refractivity contribution in [2.24, 2.45) is 0 Å². The van der Waals surface area contributed by atoms with Crippen LogP contribution < -0.4 is 9.47 Å². The summed E-state index contributed by atoms with van der Waals surface area (Å²) in [6.45, 7) is 2.73. The molecule has 1 fully saturated rings. The Morgan fingerprint density at radius 2 is 1.76 bits per heavy atom. The molecule has 4 rings (SSSR count). The molecule has 3 aromatic rings. The number of hydrogen-bond acceptors (Lipinski definition) is 7. The van der Waals surface area contributed by atoms with Crippen molar-refractivity contribution in [3.05, 3.63) is 103 Å². The van der Waals surface area contributed by atoms with Gasteiger partial charge in [0.15, 0.2) is 11.5 Å². The topological polar surface area (TPSA) is 99.0 Å². The first-order valence-electron chi connectivity index (χ1n) is 11.5. The van der Waals surface area contributed by atoms with Gasteiger partial charge in [-0.25, -0.2) is 0 Å². The molecule has 1 aliphatic heterocycles. The van der Waals surface area contributed by atoms with Gasteiger partial charge in [-0.1, -0.05) is 30.3 Å². The Hall–Kier alpha value is -3.63. The van der Waals surface area contributed by atoms with Gasteiger partial charge >= 0.3 is 0 Å². The van der Waals surface area contributed by atoms with Crippen LogP contribution in [0.5, 0.6) is 11.5 Å². The van der Waals surface area contributed by atoms with E-state index in [-0.39, 0.29) is 23.4 Å². The van der Waals surface area contributed by atoms with Crippen LogP contribution in [0, 0.1) is 10.1 Å². The molecule has 10 heteroatoms. The number of benzene rings is 3. The molecule has 2 amide bonds. The molecule has 37 heavy (non-hydrogen) atoms. The minimum absolute atomic E-state index is 0.00812. The van der Waals surface area contributed by atoms with Crippen molar-refractivity contribution >= 4 is 50.6 Å². The van der Waals surface area contributed by atoms with Crippen LogP contribution >= 0.6 is 27.7 Å². The van der Waals surface area contributed by atoms with Crippen molar-refractivity contribution in [1.82, 2.24) is 4.90 Å². The summed E-state index contributed by atoms with van der Waals surface area (Å²) in [4.78, 5) is 37.5. The molecule has 0 bridgehead atoms. The molecular formula is C27H23BrN2O6S. The third kappa shape index (κ3) is 6.58. The molecule has 0 unspecified atom stereocenters. The maximum Gasteiger partial charge on any atom is 0.293 e. The van der Waals surface area contributed by atoms with Crippen molar-refractivity contribution in [3.63, 3.8) is 0 Å². The van der Waals surface area contributed by atoms with Crippen LogP contribution in [0.2, 0.25) is 0 Å². The number of halogens is 1. The fourth-order valence-corrected chi connectivity index (χ4v) is 5.11. The largest absolute Gasteiger partial charge is 0.490 e. The van der Waals surface area contributed by atoms with E-state index in [1.165, 1.54) is 17.0 Å². The van der Waals surface area contributed by atoms with Gasteiger partial charge in [-0.3, -0.25) is 24.6 Å². The molecule has 1 aliphatic rings. The smallest absolute Gasteiger partial charge is 0.293 e. The zero-order valence-electron chi connectivity index (χ0n) is 19.9. The van der Waals surface area contributed by atoms with Crippen molar-refractivity contribution in [2.45, 2.75) is 20.0 Å². The number of non-ortho nitro benzene ring substituents is 1. The van der Waals surface area contributed by atoms with E-state index in [1.807, 2.05) is 37.3 Å². The lowest BCUT2D eigenvalue weighted by Gasteiger charge is -2.15. The molecule has 3 aromatic carbocycles. The standard InChI is InChI=1S/C27H23BrN2O6S/c1-2-35-23-15-20(14-22(28)25(23)36-17-19-8-10-21(11-9-19)30(33)34)16-24-26(31)29(27(32)37-24)13-12-18-6-4-3-5-7-18/h3-11,14-16H,2,12-13,17H2,1H3/b24-16+. The van der Waals surface area contributed by atoms with Crippen LogP contribution in [0.1, 0.15) is 23.6 Å². The molecule has 1 saturated heterocycles. The Labute approximate surface area is 226 Å². The van der Waals surface area contributed by atoms with Gasteiger partial charge in [0.25, 0.3) is 16.8 Å². The monoisotopic (exact) mass is 582 g/mol. The highest BCUT2D eigenvalue weighted by atomic mass is 79.9. The summed E-state index contributed by atoms with van der Waals surface area (Å²) in [5, 5.41) is 10.6. The van der Waals surface area contributed by atoms with E-state index < -0.39 is 4.92 Å². The first-order valence-corrected chi connectivity index (χ1v) is 13.1. The van der Waals surface area contributed by atoms with Crippen molar-refractivity contribution in [3.8, 4) is 11.5 Å². The SMILES string of the molecule is CCOc1cc(/C=C2/SC(=O)N(CCc3ccccc3)C2=O)cc(Br)c1OCc1ccc([N+](=O)[O-])cc1. The third-order valence-electron chi connectivity index (χ3n) is 5.50. The van der Waals surface area contributed by atoms with Crippen LogP contribution in [0.25, 0.3) is 6.08 Å². The Morgan fingerprint density at radius 3 is 2.43 bits per heavy atom. The van der Waals surface area contributed by atoms with Gasteiger partial charge in [0.1, 0.15) is 6.61 Å². The fourth-order valence-electron chi connectivity index (χ4n) is 3.67.